The number of piperidine rings is 1. The largest absolute Gasteiger partial charge is 0.462 e. The fourth-order valence-electron chi connectivity index (χ4n) is 3.43. The van der Waals surface area contributed by atoms with Gasteiger partial charge in [0.25, 0.3) is 0 Å². The summed E-state index contributed by atoms with van der Waals surface area (Å²) in [7, 11) is 2.12. The molecule has 4 heteroatoms. The molecule has 120 valence electrons. The summed E-state index contributed by atoms with van der Waals surface area (Å²) in [6.07, 6.45) is 9.85. The molecule has 3 nitrogen and oxygen atoms in total. The highest BCUT2D eigenvalue weighted by Crippen LogP contribution is 2.36. The van der Waals surface area contributed by atoms with Gasteiger partial charge in [-0.3, -0.25) is 4.79 Å². The van der Waals surface area contributed by atoms with Crippen molar-refractivity contribution in [3.05, 3.63) is 34.5 Å². The van der Waals surface area contributed by atoms with Crippen LogP contribution in [-0.2, 0) is 9.53 Å². The van der Waals surface area contributed by atoms with Gasteiger partial charge >= 0.3 is 5.97 Å². The first-order valence-corrected chi connectivity index (χ1v) is 9.21. The molecule has 1 aromatic rings. The lowest BCUT2D eigenvalue weighted by Gasteiger charge is -2.31. The molecule has 1 saturated heterocycles. The summed E-state index contributed by atoms with van der Waals surface area (Å²) in [4.78, 5) is 16.3. The van der Waals surface area contributed by atoms with Crippen molar-refractivity contribution in [1.82, 2.24) is 4.90 Å². The zero-order valence-electron chi connectivity index (χ0n) is 13.2. The van der Waals surface area contributed by atoms with Crippen molar-refractivity contribution in [2.24, 2.45) is 5.92 Å². The SMILES string of the molecule is CN1CCC(OC(=O)C(c2cccs2)C2C=CCCC2)CC1. The highest BCUT2D eigenvalue weighted by atomic mass is 32.1. The first-order valence-electron chi connectivity index (χ1n) is 8.33. The van der Waals surface area contributed by atoms with Crippen LogP contribution in [0.2, 0.25) is 0 Å². The molecule has 2 aliphatic rings. The molecule has 1 aliphatic heterocycles. The Hall–Kier alpha value is -1.13. The lowest BCUT2D eigenvalue weighted by Crippen LogP contribution is -2.36. The quantitative estimate of drug-likeness (QED) is 0.624. The summed E-state index contributed by atoms with van der Waals surface area (Å²) in [6.45, 7) is 2.04. The molecule has 1 aromatic heterocycles. The Morgan fingerprint density at radius 3 is 2.82 bits per heavy atom. The first-order chi connectivity index (χ1) is 10.7. The summed E-state index contributed by atoms with van der Waals surface area (Å²) in [5.74, 6) is 0.163. The van der Waals surface area contributed by atoms with E-state index in [0.29, 0.717) is 5.92 Å². The number of hydrogen-bond acceptors (Lipinski definition) is 4. The Morgan fingerprint density at radius 1 is 1.36 bits per heavy atom. The van der Waals surface area contributed by atoms with Crippen molar-refractivity contribution in [3.63, 3.8) is 0 Å². The van der Waals surface area contributed by atoms with E-state index in [4.69, 9.17) is 4.74 Å². The van der Waals surface area contributed by atoms with Gasteiger partial charge in [-0.05, 0) is 56.5 Å². The van der Waals surface area contributed by atoms with Gasteiger partial charge in [-0.1, -0.05) is 18.2 Å². The van der Waals surface area contributed by atoms with E-state index >= 15 is 0 Å². The molecule has 2 unspecified atom stereocenters. The Labute approximate surface area is 137 Å². The fraction of sp³-hybridized carbons (Fsp3) is 0.611. The maximum absolute atomic E-state index is 12.8. The van der Waals surface area contributed by atoms with Gasteiger partial charge in [0.15, 0.2) is 0 Å². The standard InChI is InChI=1S/C18H25NO2S/c1-19-11-9-15(10-12-19)21-18(20)17(16-8-5-13-22-16)14-6-3-2-4-7-14/h3,5-6,8,13-15,17H,2,4,7,9-12H2,1H3. The number of likely N-dealkylation sites (tertiary alicyclic amines) is 1. The number of rotatable bonds is 4. The minimum Gasteiger partial charge on any atom is -0.462 e. The molecule has 1 fully saturated rings. The van der Waals surface area contributed by atoms with Crippen LogP contribution < -0.4 is 0 Å². The van der Waals surface area contributed by atoms with Crippen LogP contribution in [0.1, 0.15) is 42.9 Å². The van der Waals surface area contributed by atoms with E-state index in [-0.39, 0.29) is 18.0 Å². The Kier molecular flexibility index (Phi) is 5.32. The number of hydrogen-bond donors (Lipinski definition) is 0. The summed E-state index contributed by atoms with van der Waals surface area (Å²) in [5.41, 5.74) is 0. The van der Waals surface area contributed by atoms with Crippen LogP contribution in [-0.4, -0.2) is 37.1 Å². The van der Waals surface area contributed by atoms with Crippen molar-refractivity contribution < 1.29 is 9.53 Å². The average molecular weight is 319 g/mol. The fourth-order valence-corrected chi connectivity index (χ4v) is 4.32. The van der Waals surface area contributed by atoms with Crippen molar-refractivity contribution in [1.29, 1.82) is 0 Å². The molecule has 2 atom stereocenters. The second-order valence-corrected chi connectivity index (χ2v) is 7.43. The molecule has 0 saturated carbocycles. The molecule has 1 aliphatic carbocycles. The van der Waals surface area contributed by atoms with E-state index in [9.17, 15) is 4.79 Å². The summed E-state index contributed by atoms with van der Waals surface area (Å²) in [5, 5.41) is 2.05. The topological polar surface area (TPSA) is 29.5 Å². The predicted octanol–water partition coefficient (Wildman–Crippen LogP) is 3.83. The van der Waals surface area contributed by atoms with Crippen LogP contribution in [0.15, 0.2) is 29.7 Å². The molecule has 2 heterocycles. The van der Waals surface area contributed by atoms with E-state index in [0.717, 1.165) is 43.6 Å². The predicted molar refractivity (Wildman–Crippen MR) is 90.2 cm³/mol. The second kappa shape index (κ2) is 7.42. The number of ether oxygens (including phenoxy) is 1. The monoisotopic (exact) mass is 319 g/mol. The average Bonchev–Trinajstić information content (AvgIpc) is 3.05. The molecular formula is C18H25NO2S. The van der Waals surface area contributed by atoms with Gasteiger partial charge in [-0.2, -0.15) is 0 Å². The Balaban J connectivity index is 1.70. The molecule has 0 bridgehead atoms. The normalized spacial score (nSPS) is 25.0. The van der Waals surface area contributed by atoms with Gasteiger partial charge < -0.3 is 9.64 Å². The molecule has 0 aromatic carbocycles. The number of thiophene rings is 1. The molecule has 0 spiro atoms. The first kappa shape index (κ1) is 15.8. The molecular weight excluding hydrogens is 294 g/mol. The van der Waals surface area contributed by atoms with Crippen molar-refractivity contribution in [2.45, 2.75) is 44.1 Å². The molecule has 3 rings (SSSR count). The van der Waals surface area contributed by atoms with Crippen molar-refractivity contribution in [2.75, 3.05) is 20.1 Å². The van der Waals surface area contributed by atoms with Gasteiger partial charge in [0.2, 0.25) is 0 Å². The van der Waals surface area contributed by atoms with Gasteiger partial charge in [0, 0.05) is 18.0 Å². The lowest BCUT2D eigenvalue weighted by atomic mass is 9.83. The number of allylic oxidation sites excluding steroid dienone is 2. The number of carbonyl (C=O) groups excluding carboxylic acids is 1. The van der Waals surface area contributed by atoms with Gasteiger partial charge in [0.05, 0.1) is 5.92 Å². The minimum absolute atomic E-state index is 0.0199. The number of carbonyl (C=O) groups is 1. The highest BCUT2D eigenvalue weighted by molar-refractivity contribution is 7.10. The van der Waals surface area contributed by atoms with Gasteiger partial charge in [0.1, 0.15) is 6.10 Å². The molecule has 22 heavy (non-hydrogen) atoms. The Bertz CT molecular complexity index is 503. The highest BCUT2D eigenvalue weighted by Gasteiger charge is 2.33. The summed E-state index contributed by atoms with van der Waals surface area (Å²) in [6, 6.07) is 4.11. The van der Waals surface area contributed by atoms with E-state index in [1.807, 2.05) is 6.07 Å². The van der Waals surface area contributed by atoms with E-state index in [2.05, 4.69) is 35.5 Å². The second-order valence-electron chi connectivity index (χ2n) is 6.46. The zero-order valence-corrected chi connectivity index (χ0v) is 14.1. The summed E-state index contributed by atoms with van der Waals surface area (Å²) < 4.78 is 5.89. The van der Waals surface area contributed by atoms with Crippen LogP contribution in [0.4, 0.5) is 0 Å². The van der Waals surface area contributed by atoms with Gasteiger partial charge in [-0.25, -0.2) is 0 Å². The van der Waals surface area contributed by atoms with Crippen LogP contribution in [0, 0.1) is 5.92 Å². The third-order valence-corrected chi connectivity index (χ3v) is 5.73. The van der Waals surface area contributed by atoms with E-state index < -0.39 is 0 Å². The third kappa shape index (κ3) is 3.79. The molecule has 0 amide bonds. The zero-order chi connectivity index (χ0) is 15.4. The maximum Gasteiger partial charge on any atom is 0.315 e. The van der Waals surface area contributed by atoms with E-state index in [1.54, 1.807) is 11.3 Å². The minimum atomic E-state index is -0.115. The molecule has 0 N–H and O–H groups in total. The third-order valence-electron chi connectivity index (χ3n) is 4.77. The number of esters is 1. The van der Waals surface area contributed by atoms with Crippen LogP contribution in [0.3, 0.4) is 0 Å². The Morgan fingerprint density at radius 2 is 2.18 bits per heavy atom. The van der Waals surface area contributed by atoms with Crippen LogP contribution in [0.5, 0.6) is 0 Å². The summed E-state index contributed by atoms with van der Waals surface area (Å²) >= 11 is 1.67. The van der Waals surface area contributed by atoms with Gasteiger partial charge in [-0.15, -0.1) is 11.3 Å². The van der Waals surface area contributed by atoms with E-state index in [1.165, 1.54) is 6.42 Å². The van der Waals surface area contributed by atoms with Crippen molar-refractivity contribution >= 4 is 17.3 Å². The number of nitrogens with zero attached hydrogens (tertiary/aromatic N) is 1. The maximum atomic E-state index is 12.8. The van der Waals surface area contributed by atoms with Crippen molar-refractivity contribution in [3.8, 4) is 0 Å². The molecule has 0 radical (unpaired) electrons. The lowest BCUT2D eigenvalue weighted by molar-refractivity contribution is -0.154. The van der Waals surface area contributed by atoms with Crippen LogP contribution in [0.25, 0.3) is 0 Å². The van der Waals surface area contributed by atoms with Crippen LogP contribution >= 0.6 is 11.3 Å². The smallest absolute Gasteiger partial charge is 0.315 e.